The minimum absolute atomic E-state index is 0.0595. The van der Waals surface area contributed by atoms with E-state index in [0.29, 0.717) is 158 Å². The van der Waals surface area contributed by atoms with E-state index in [-0.39, 0.29) is 12.2 Å². The lowest BCUT2D eigenvalue weighted by atomic mass is 10.4. The summed E-state index contributed by atoms with van der Waals surface area (Å²) >= 11 is 0. The Kier molecular flexibility index (Phi) is 51.7. The molecule has 17 nitrogen and oxygen atoms in total. The van der Waals surface area contributed by atoms with Crippen LogP contribution in [0, 0.1) is 0 Å². The predicted molar refractivity (Wildman–Crippen MR) is 203 cm³/mol. The molecule has 0 atom stereocenters. The van der Waals surface area contributed by atoms with Crippen molar-refractivity contribution in [1.29, 1.82) is 0 Å². The van der Waals surface area contributed by atoms with Gasteiger partial charge < -0.3 is 62.8 Å². The Labute approximate surface area is 319 Å². The summed E-state index contributed by atoms with van der Waals surface area (Å²) in [7, 11) is 0. The van der Waals surface area contributed by atoms with Crippen molar-refractivity contribution in [2.45, 2.75) is 41.5 Å². The monoisotopic (exact) mass is 771 g/mol. The lowest BCUT2D eigenvalue weighted by Crippen LogP contribution is -2.35. The summed E-state index contributed by atoms with van der Waals surface area (Å²) in [5.41, 5.74) is 6.12. The zero-order chi connectivity index (χ0) is 39.9. The van der Waals surface area contributed by atoms with Crippen LogP contribution in [0.3, 0.4) is 0 Å². The van der Waals surface area contributed by atoms with Crippen molar-refractivity contribution in [2.24, 2.45) is 11.6 Å². The van der Waals surface area contributed by atoms with E-state index in [0.717, 1.165) is 4.90 Å². The summed E-state index contributed by atoms with van der Waals surface area (Å²) in [5, 5.41) is 1.33. The van der Waals surface area contributed by atoms with Gasteiger partial charge in [-0.3, -0.25) is 14.5 Å². The highest BCUT2D eigenvalue weighted by molar-refractivity contribution is 5.94. The molecule has 0 fully saturated rings. The van der Waals surface area contributed by atoms with Crippen molar-refractivity contribution in [3.05, 3.63) is 24.0 Å². The van der Waals surface area contributed by atoms with Crippen LogP contribution < -0.4 is 11.6 Å². The zero-order valence-corrected chi connectivity index (χ0v) is 33.6. The van der Waals surface area contributed by atoms with Gasteiger partial charge in [-0.2, -0.15) is 0 Å². The highest BCUT2D eigenvalue weighted by Crippen LogP contribution is 1.95. The van der Waals surface area contributed by atoms with Crippen LogP contribution in [-0.2, 0) is 61.7 Å². The van der Waals surface area contributed by atoms with Crippen LogP contribution in [0.15, 0.2) is 24.0 Å². The number of imide groups is 1. The van der Waals surface area contributed by atoms with Crippen molar-refractivity contribution >= 4 is 12.3 Å². The number of ether oxygens (including phenoxy) is 11. The van der Waals surface area contributed by atoms with E-state index in [2.05, 4.69) is 0 Å². The summed E-state index contributed by atoms with van der Waals surface area (Å²) in [5.74, 6) is 5.40. The molecule has 0 aromatic rings. The summed E-state index contributed by atoms with van der Waals surface area (Å²) in [6.45, 7) is 22.9. The fourth-order valence-electron chi connectivity index (χ4n) is 3.43. The molecular formula is C36H74N4O13. The van der Waals surface area contributed by atoms with E-state index in [1.54, 1.807) is 13.0 Å². The molecule has 0 radical (unpaired) electrons. The number of nitrogens with zero attached hydrogens (tertiary/aromatic N) is 2. The first-order valence-corrected chi connectivity index (χ1v) is 18.8. The molecule has 53 heavy (non-hydrogen) atoms. The summed E-state index contributed by atoms with van der Waals surface area (Å²) in [4.78, 5) is 23.7. The average Bonchev–Trinajstić information content (AvgIpc) is 3.17. The zero-order valence-electron chi connectivity index (χ0n) is 33.6. The Bertz CT molecular complexity index is 798. The third-order valence-electron chi connectivity index (χ3n) is 5.82. The van der Waals surface area contributed by atoms with E-state index in [1.807, 2.05) is 34.6 Å². The third-order valence-corrected chi connectivity index (χ3v) is 5.82. The quantitative estimate of drug-likeness (QED) is 0.0302. The number of allylic oxidation sites excluding steroid dienone is 1. The molecule has 316 valence electrons. The van der Waals surface area contributed by atoms with E-state index in [9.17, 15) is 9.59 Å². The average molecular weight is 771 g/mol. The highest BCUT2D eigenvalue weighted by Gasteiger charge is 2.10. The molecule has 4 N–H and O–H groups in total. The molecule has 0 saturated heterocycles. The maximum atomic E-state index is 11.7. The van der Waals surface area contributed by atoms with Gasteiger partial charge in [-0.25, -0.2) is 5.84 Å². The molecule has 0 aliphatic heterocycles. The molecule has 0 bridgehead atoms. The normalized spacial score (nSPS) is 11.2. The fourth-order valence-corrected chi connectivity index (χ4v) is 3.43. The summed E-state index contributed by atoms with van der Waals surface area (Å²) < 4.78 is 59.7. The van der Waals surface area contributed by atoms with E-state index in [4.69, 9.17) is 63.7 Å². The van der Waals surface area contributed by atoms with Crippen molar-refractivity contribution in [3.8, 4) is 0 Å². The van der Waals surface area contributed by atoms with Gasteiger partial charge in [0, 0.05) is 18.5 Å². The molecule has 0 aromatic carbocycles. The Hall–Kier alpha value is -2.26. The second-order valence-electron chi connectivity index (χ2n) is 9.83. The molecule has 0 unspecified atom stereocenters. The number of hydrogen-bond donors (Lipinski definition) is 2. The van der Waals surface area contributed by atoms with Gasteiger partial charge >= 0.3 is 0 Å². The van der Waals surface area contributed by atoms with Gasteiger partial charge in [0.25, 0.3) is 5.91 Å². The molecule has 0 aliphatic carbocycles. The number of amides is 2. The first-order valence-electron chi connectivity index (χ1n) is 18.8. The molecule has 0 rings (SSSR count). The lowest BCUT2D eigenvalue weighted by molar-refractivity contribution is -0.133. The number of carbonyl (C=O) groups excluding carboxylic acids is 2. The second-order valence-corrected chi connectivity index (χ2v) is 9.83. The summed E-state index contributed by atoms with van der Waals surface area (Å²) in [6.07, 6.45) is 4.70. The highest BCUT2D eigenvalue weighted by atomic mass is 16.6. The Morgan fingerprint density at radius 1 is 0.528 bits per heavy atom. The Balaban J connectivity index is -0.00000602. The number of hydrazine groups is 1. The molecule has 2 amide bonds. The topological polar surface area (TPSA) is 194 Å². The van der Waals surface area contributed by atoms with Crippen LogP contribution in [0.4, 0.5) is 0 Å². The van der Waals surface area contributed by atoms with Crippen molar-refractivity contribution in [1.82, 2.24) is 9.91 Å². The minimum Gasteiger partial charge on any atom is -0.399 e. The molecule has 0 aromatic heterocycles. The second kappa shape index (κ2) is 49.7. The maximum absolute atomic E-state index is 11.7. The van der Waals surface area contributed by atoms with Crippen LogP contribution in [0.25, 0.3) is 0 Å². The number of carbonyl (C=O) groups is 2. The number of rotatable bonds is 39. The van der Waals surface area contributed by atoms with E-state index >= 15 is 0 Å². The predicted octanol–water partition coefficient (Wildman–Crippen LogP) is 1.78. The molecule has 0 aliphatic rings. The molecular weight excluding hydrogens is 696 g/mol. The first kappa shape index (κ1) is 55.1. The fraction of sp³-hybridized carbons (Fsp3) is 0.833. The molecule has 0 heterocycles. The van der Waals surface area contributed by atoms with Crippen LogP contribution >= 0.6 is 0 Å². The third kappa shape index (κ3) is 45.8. The van der Waals surface area contributed by atoms with Crippen LogP contribution in [0.5, 0.6) is 0 Å². The Morgan fingerprint density at radius 2 is 0.811 bits per heavy atom. The van der Waals surface area contributed by atoms with E-state index in [1.165, 1.54) is 17.3 Å². The Morgan fingerprint density at radius 3 is 1.08 bits per heavy atom. The van der Waals surface area contributed by atoms with E-state index < -0.39 is 5.91 Å². The van der Waals surface area contributed by atoms with Crippen LogP contribution in [0.2, 0.25) is 0 Å². The van der Waals surface area contributed by atoms with Gasteiger partial charge in [-0.1, -0.05) is 33.8 Å². The van der Waals surface area contributed by atoms with Gasteiger partial charge in [-0.05, 0) is 19.9 Å². The lowest BCUT2D eigenvalue weighted by Gasteiger charge is -2.17. The van der Waals surface area contributed by atoms with Crippen molar-refractivity contribution in [2.75, 3.05) is 158 Å². The smallest absolute Gasteiger partial charge is 0.252 e. The SMILES string of the molecule is C/C=C\C(=O)N(C=O)C/C(N)=C/N(N)CCOCCOCCOCCOCCOCCOCCOCCOCCOCCOCCOCC.CC.CC. The van der Waals surface area contributed by atoms with Crippen LogP contribution in [-0.4, -0.2) is 181 Å². The first-order chi connectivity index (χ1) is 26.0. The maximum Gasteiger partial charge on any atom is 0.252 e. The van der Waals surface area contributed by atoms with Gasteiger partial charge in [0.05, 0.1) is 152 Å². The molecule has 0 spiro atoms. The van der Waals surface area contributed by atoms with Gasteiger partial charge in [0.1, 0.15) is 0 Å². The largest absolute Gasteiger partial charge is 0.399 e. The van der Waals surface area contributed by atoms with Gasteiger partial charge in [-0.15, -0.1) is 0 Å². The van der Waals surface area contributed by atoms with Crippen molar-refractivity contribution in [3.63, 3.8) is 0 Å². The summed E-state index contributed by atoms with van der Waals surface area (Å²) in [6, 6.07) is 0. The molecule has 0 saturated carbocycles. The minimum atomic E-state index is -0.457. The number of nitrogens with two attached hydrogens (primary N) is 2. The number of hydrogen-bond acceptors (Lipinski definition) is 16. The van der Waals surface area contributed by atoms with Gasteiger partial charge in [0.2, 0.25) is 6.41 Å². The van der Waals surface area contributed by atoms with Crippen molar-refractivity contribution < 1.29 is 61.7 Å². The standard InChI is InChI=1S/C32H62N4O13.2C2H6/c1-3-5-32(38)35(30-37)28-31(33)29-36(34)6-7-40-10-11-42-14-15-44-18-19-46-22-23-48-26-27-49-25-24-47-21-20-45-17-16-43-13-12-41-9-8-39-4-2;2*1-2/h3,5,29-30H,4,6-28,33-34H2,1-2H3;2*1-2H3/b5-3-,31-29-;;. The molecule has 17 heteroatoms. The van der Waals surface area contributed by atoms with Crippen LogP contribution in [0.1, 0.15) is 41.5 Å². The van der Waals surface area contributed by atoms with Gasteiger partial charge in [0.15, 0.2) is 0 Å².